The summed E-state index contributed by atoms with van der Waals surface area (Å²) in [6, 6.07) is 4.26. The number of ether oxygens (including phenoxy) is 3. The molecular formula is C11H14F2N4O3. The Kier molecular flexibility index (Phi) is 4.20. The zero-order chi connectivity index (χ0) is 14.6. The fraction of sp³-hybridized carbons (Fsp3) is 0.364. The maximum absolute atomic E-state index is 12.9. The van der Waals surface area contributed by atoms with Crippen molar-refractivity contribution in [3.8, 4) is 11.5 Å². The Labute approximate surface area is 113 Å². The number of alkyl halides is 2. The maximum atomic E-state index is 12.9. The number of nitrogens with two attached hydrogens (primary N) is 1. The summed E-state index contributed by atoms with van der Waals surface area (Å²) < 4.78 is 39.2. The van der Waals surface area contributed by atoms with E-state index in [9.17, 15) is 8.78 Å². The molecule has 110 valence electrons. The van der Waals surface area contributed by atoms with Crippen molar-refractivity contribution < 1.29 is 23.0 Å². The van der Waals surface area contributed by atoms with Gasteiger partial charge < -0.3 is 19.5 Å². The van der Waals surface area contributed by atoms with Gasteiger partial charge in [-0.3, -0.25) is 5.43 Å². The Morgan fingerprint density at radius 3 is 2.85 bits per heavy atom. The van der Waals surface area contributed by atoms with Crippen molar-refractivity contribution in [1.29, 1.82) is 0 Å². The average molecular weight is 288 g/mol. The molecule has 0 fully saturated rings. The van der Waals surface area contributed by atoms with E-state index in [1.54, 1.807) is 7.11 Å². The number of rotatable bonds is 4. The number of guanidine groups is 1. The molecule has 1 aliphatic rings. The minimum absolute atomic E-state index is 0.0286. The number of fused-ring (bicyclic) bond motifs is 1. The zero-order valence-corrected chi connectivity index (χ0v) is 10.7. The van der Waals surface area contributed by atoms with Crippen LogP contribution in [0.1, 0.15) is 0 Å². The third-order valence-corrected chi connectivity index (χ3v) is 2.37. The van der Waals surface area contributed by atoms with E-state index in [-0.39, 0.29) is 17.5 Å². The quantitative estimate of drug-likeness (QED) is 0.251. The van der Waals surface area contributed by atoms with Crippen LogP contribution in [0.25, 0.3) is 0 Å². The van der Waals surface area contributed by atoms with Gasteiger partial charge in [0, 0.05) is 18.9 Å². The number of halogens is 2. The molecule has 1 aromatic rings. The minimum Gasteiger partial charge on any atom is -0.395 e. The van der Waals surface area contributed by atoms with Gasteiger partial charge >= 0.3 is 6.29 Å². The number of aliphatic imine (C=N–C) groups is 1. The van der Waals surface area contributed by atoms with Crippen LogP contribution in [0, 0.1) is 0 Å². The monoisotopic (exact) mass is 288 g/mol. The molecule has 0 atom stereocenters. The van der Waals surface area contributed by atoms with Crippen LogP contribution in [0.3, 0.4) is 0 Å². The molecule has 0 spiro atoms. The van der Waals surface area contributed by atoms with Gasteiger partial charge in [-0.25, -0.2) is 10.8 Å². The minimum atomic E-state index is -3.64. The van der Waals surface area contributed by atoms with E-state index in [0.717, 1.165) is 0 Å². The average Bonchev–Trinajstić information content (AvgIpc) is 2.71. The van der Waals surface area contributed by atoms with E-state index in [1.807, 2.05) is 0 Å². The largest absolute Gasteiger partial charge is 0.586 e. The summed E-state index contributed by atoms with van der Waals surface area (Å²) in [7, 11) is 1.55. The lowest BCUT2D eigenvalue weighted by molar-refractivity contribution is -0.286. The highest BCUT2D eigenvalue weighted by Crippen LogP contribution is 2.42. The lowest BCUT2D eigenvalue weighted by Gasteiger charge is -2.09. The zero-order valence-electron chi connectivity index (χ0n) is 10.7. The molecule has 1 aromatic carbocycles. The Morgan fingerprint density at radius 1 is 1.40 bits per heavy atom. The van der Waals surface area contributed by atoms with Gasteiger partial charge in [0.15, 0.2) is 11.5 Å². The molecule has 1 aliphatic heterocycles. The predicted octanol–water partition coefficient (Wildman–Crippen LogP) is 0.886. The lowest BCUT2D eigenvalue weighted by atomic mass is 10.3. The molecule has 4 N–H and O–H groups in total. The van der Waals surface area contributed by atoms with Gasteiger partial charge in [-0.1, -0.05) is 0 Å². The van der Waals surface area contributed by atoms with Crippen molar-refractivity contribution in [3.05, 3.63) is 18.2 Å². The first-order chi connectivity index (χ1) is 9.54. The topological polar surface area (TPSA) is 90.1 Å². The van der Waals surface area contributed by atoms with Gasteiger partial charge in [-0.2, -0.15) is 0 Å². The van der Waals surface area contributed by atoms with Gasteiger partial charge in [-0.15, -0.1) is 8.78 Å². The van der Waals surface area contributed by atoms with Gasteiger partial charge in [0.1, 0.15) is 0 Å². The van der Waals surface area contributed by atoms with Crippen LogP contribution >= 0.6 is 0 Å². The third kappa shape index (κ3) is 3.45. The summed E-state index contributed by atoms with van der Waals surface area (Å²) in [5.41, 5.74) is 2.83. The first kappa shape index (κ1) is 14.3. The van der Waals surface area contributed by atoms with Crippen molar-refractivity contribution >= 4 is 11.6 Å². The number of anilines is 1. The fourth-order valence-corrected chi connectivity index (χ4v) is 1.53. The predicted molar refractivity (Wildman–Crippen MR) is 67.8 cm³/mol. The Morgan fingerprint density at radius 2 is 2.15 bits per heavy atom. The van der Waals surface area contributed by atoms with Crippen LogP contribution < -0.4 is 26.1 Å². The number of benzene rings is 1. The number of hydrogen-bond donors (Lipinski definition) is 3. The molecule has 0 amide bonds. The van der Waals surface area contributed by atoms with Crippen molar-refractivity contribution in [2.24, 2.45) is 10.8 Å². The second-order valence-electron chi connectivity index (χ2n) is 3.82. The SMILES string of the molecule is COCCN=C(NN)Nc1ccc2c(c1)OC(F)(F)O2. The van der Waals surface area contributed by atoms with Crippen LogP contribution in [0.2, 0.25) is 0 Å². The van der Waals surface area contributed by atoms with Gasteiger partial charge in [0.2, 0.25) is 5.96 Å². The highest BCUT2D eigenvalue weighted by molar-refractivity contribution is 5.93. The van der Waals surface area contributed by atoms with Crippen LogP contribution in [-0.2, 0) is 4.74 Å². The van der Waals surface area contributed by atoms with Gasteiger partial charge in [0.05, 0.1) is 13.2 Å². The summed E-state index contributed by atoms with van der Waals surface area (Å²) in [6.45, 7) is 0.825. The van der Waals surface area contributed by atoms with Gasteiger partial charge in [-0.05, 0) is 12.1 Å². The summed E-state index contributed by atoms with van der Waals surface area (Å²) in [4.78, 5) is 4.07. The van der Waals surface area contributed by atoms with Crippen molar-refractivity contribution in [2.75, 3.05) is 25.6 Å². The molecule has 9 heteroatoms. The van der Waals surface area contributed by atoms with Crippen molar-refractivity contribution in [1.82, 2.24) is 5.43 Å². The molecule has 0 bridgehead atoms. The molecule has 1 heterocycles. The van der Waals surface area contributed by atoms with Crippen LogP contribution in [0.4, 0.5) is 14.5 Å². The van der Waals surface area contributed by atoms with E-state index >= 15 is 0 Å². The highest BCUT2D eigenvalue weighted by Gasteiger charge is 2.43. The molecule has 0 saturated heterocycles. The van der Waals surface area contributed by atoms with Crippen LogP contribution in [0.5, 0.6) is 11.5 Å². The molecule has 0 saturated carbocycles. The molecule has 0 aliphatic carbocycles. The molecule has 2 rings (SSSR count). The molecule has 7 nitrogen and oxygen atoms in total. The molecule has 0 radical (unpaired) electrons. The van der Waals surface area contributed by atoms with Gasteiger partial charge in [0.25, 0.3) is 0 Å². The third-order valence-electron chi connectivity index (χ3n) is 2.37. The maximum Gasteiger partial charge on any atom is 0.586 e. The summed E-state index contributed by atoms with van der Waals surface area (Å²) in [5.74, 6) is 5.48. The van der Waals surface area contributed by atoms with E-state index in [4.69, 9.17) is 10.6 Å². The summed E-state index contributed by atoms with van der Waals surface area (Å²) in [5, 5.41) is 2.82. The Balaban J connectivity index is 2.06. The van der Waals surface area contributed by atoms with Crippen molar-refractivity contribution in [2.45, 2.75) is 6.29 Å². The standard InChI is InChI=1S/C11H14F2N4O3/c1-18-5-4-15-10(17-14)16-7-2-3-8-9(6-7)20-11(12,13)19-8/h2-3,6H,4-5,14H2,1H3,(H2,15,16,17). The van der Waals surface area contributed by atoms with E-state index in [0.29, 0.717) is 18.8 Å². The second-order valence-corrected chi connectivity index (χ2v) is 3.82. The molecule has 20 heavy (non-hydrogen) atoms. The van der Waals surface area contributed by atoms with Crippen LogP contribution in [0.15, 0.2) is 23.2 Å². The fourth-order valence-electron chi connectivity index (χ4n) is 1.53. The van der Waals surface area contributed by atoms with E-state index in [1.165, 1.54) is 18.2 Å². The first-order valence-electron chi connectivity index (χ1n) is 5.71. The smallest absolute Gasteiger partial charge is 0.395 e. The van der Waals surface area contributed by atoms with Crippen molar-refractivity contribution in [3.63, 3.8) is 0 Å². The Hall–Kier alpha value is -2.13. The van der Waals surface area contributed by atoms with Crippen LogP contribution in [-0.4, -0.2) is 32.5 Å². The second kappa shape index (κ2) is 5.88. The Bertz CT molecular complexity index is 510. The number of hydrazine groups is 1. The molecule has 0 unspecified atom stereocenters. The number of hydrogen-bond acceptors (Lipinski definition) is 5. The molecular weight excluding hydrogens is 274 g/mol. The van der Waals surface area contributed by atoms with E-state index in [2.05, 4.69) is 25.2 Å². The highest BCUT2D eigenvalue weighted by atomic mass is 19.3. The molecule has 0 aromatic heterocycles. The van der Waals surface area contributed by atoms with E-state index < -0.39 is 6.29 Å². The number of nitrogens with one attached hydrogen (secondary N) is 2. The normalized spacial score (nSPS) is 16.1. The number of methoxy groups -OCH3 is 1. The lowest BCUT2D eigenvalue weighted by Crippen LogP contribution is -2.36. The first-order valence-corrected chi connectivity index (χ1v) is 5.71. The summed E-state index contributed by atoms with van der Waals surface area (Å²) in [6.07, 6.45) is -3.64. The number of nitrogens with zero attached hydrogens (tertiary/aromatic N) is 1. The summed E-state index contributed by atoms with van der Waals surface area (Å²) >= 11 is 0.